The number of hydrogen-bond donors (Lipinski definition) is 1. The van der Waals surface area contributed by atoms with Crippen LogP contribution in [0.3, 0.4) is 0 Å². The predicted octanol–water partition coefficient (Wildman–Crippen LogP) is 2.43. The van der Waals surface area contributed by atoms with Gasteiger partial charge in [0.1, 0.15) is 0 Å². The number of hydrogen-bond acceptors (Lipinski definition) is 3. The van der Waals surface area contributed by atoms with E-state index in [2.05, 4.69) is 10.4 Å². The molecule has 0 aliphatic rings. The molecule has 0 radical (unpaired) electrons. The normalized spacial score (nSPS) is 10.8. The van der Waals surface area contributed by atoms with Crippen molar-refractivity contribution in [1.29, 1.82) is 0 Å². The first kappa shape index (κ1) is 17.2. The molecule has 124 valence electrons. The number of rotatable bonds is 7. The first-order valence-electron chi connectivity index (χ1n) is 7.84. The molecule has 0 spiro atoms. The molecule has 23 heavy (non-hydrogen) atoms. The zero-order chi connectivity index (χ0) is 16.8. The predicted molar refractivity (Wildman–Crippen MR) is 90.0 cm³/mol. The van der Waals surface area contributed by atoms with Gasteiger partial charge < -0.3 is 10.1 Å². The van der Waals surface area contributed by atoms with Crippen molar-refractivity contribution in [3.05, 3.63) is 52.3 Å². The summed E-state index contributed by atoms with van der Waals surface area (Å²) in [7, 11) is 3.60. The Morgan fingerprint density at radius 1 is 1.26 bits per heavy atom. The SMILES string of the molecule is COCc1ccccc1CNC(=O)CCc1c(C)nn(C)c1C. The summed E-state index contributed by atoms with van der Waals surface area (Å²) in [6.07, 6.45) is 1.19. The van der Waals surface area contributed by atoms with Gasteiger partial charge in [0.15, 0.2) is 0 Å². The number of benzene rings is 1. The molecule has 1 amide bonds. The van der Waals surface area contributed by atoms with Gasteiger partial charge in [-0.15, -0.1) is 0 Å². The molecule has 2 rings (SSSR count). The van der Waals surface area contributed by atoms with Gasteiger partial charge in [0.2, 0.25) is 5.91 Å². The molecule has 0 aliphatic heterocycles. The summed E-state index contributed by atoms with van der Waals surface area (Å²) >= 11 is 0. The molecule has 1 aromatic carbocycles. The van der Waals surface area contributed by atoms with Gasteiger partial charge in [-0.3, -0.25) is 9.48 Å². The molecule has 1 aromatic heterocycles. The van der Waals surface area contributed by atoms with Crippen molar-refractivity contribution in [3.8, 4) is 0 Å². The van der Waals surface area contributed by atoms with E-state index in [9.17, 15) is 4.79 Å². The van der Waals surface area contributed by atoms with Crippen molar-refractivity contribution in [2.75, 3.05) is 7.11 Å². The highest BCUT2D eigenvalue weighted by atomic mass is 16.5. The van der Waals surface area contributed by atoms with Crippen LogP contribution in [0.1, 0.15) is 34.5 Å². The van der Waals surface area contributed by atoms with Crippen molar-refractivity contribution < 1.29 is 9.53 Å². The third-order valence-corrected chi connectivity index (χ3v) is 4.16. The Labute approximate surface area is 137 Å². The van der Waals surface area contributed by atoms with Gasteiger partial charge in [-0.1, -0.05) is 24.3 Å². The van der Waals surface area contributed by atoms with Crippen LogP contribution in [0, 0.1) is 13.8 Å². The van der Waals surface area contributed by atoms with Gasteiger partial charge in [0.05, 0.1) is 12.3 Å². The molecule has 2 aromatic rings. The Balaban J connectivity index is 1.88. The maximum atomic E-state index is 12.1. The van der Waals surface area contributed by atoms with Crippen LogP contribution in [0.25, 0.3) is 0 Å². The highest BCUT2D eigenvalue weighted by molar-refractivity contribution is 5.76. The maximum absolute atomic E-state index is 12.1. The number of carbonyl (C=O) groups is 1. The Bertz CT molecular complexity index is 677. The average Bonchev–Trinajstić information content (AvgIpc) is 2.77. The molecular formula is C18H25N3O2. The van der Waals surface area contributed by atoms with E-state index in [0.29, 0.717) is 19.6 Å². The van der Waals surface area contributed by atoms with E-state index in [1.165, 1.54) is 5.56 Å². The zero-order valence-electron chi connectivity index (χ0n) is 14.3. The van der Waals surface area contributed by atoms with E-state index in [-0.39, 0.29) is 5.91 Å². The number of nitrogens with one attached hydrogen (secondary N) is 1. The summed E-state index contributed by atoms with van der Waals surface area (Å²) in [4.78, 5) is 12.1. The van der Waals surface area contributed by atoms with Crippen molar-refractivity contribution in [3.63, 3.8) is 0 Å². The quantitative estimate of drug-likeness (QED) is 0.854. The van der Waals surface area contributed by atoms with E-state index >= 15 is 0 Å². The fraction of sp³-hybridized carbons (Fsp3) is 0.444. The van der Waals surface area contributed by atoms with E-state index in [1.807, 2.05) is 49.8 Å². The van der Waals surface area contributed by atoms with Crippen molar-refractivity contribution in [2.45, 2.75) is 39.8 Å². The fourth-order valence-electron chi connectivity index (χ4n) is 2.73. The minimum atomic E-state index is 0.0554. The van der Waals surface area contributed by atoms with Crippen LogP contribution in [-0.4, -0.2) is 22.8 Å². The Hall–Kier alpha value is -2.14. The number of carbonyl (C=O) groups excluding carboxylic acids is 1. The average molecular weight is 315 g/mol. The fourth-order valence-corrected chi connectivity index (χ4v) is 2.73. The Morgan fingerprint density at radius 2 is 1.96 bits per heavy atom. The molecule has 0 saturated heterocycles. The van der Waals surface area contributed by atoms with Crippen LogP contribution < -0.4 is 5.32 Å². The Morgan fingerprint density at radius 3 is 2.57 bits per heavy atom. The molecule has 0 atom stereocenters. The van der Waals surface area contributed by atoms with Gasteiger partial charge in [-0.2, -0.15) is 5.10 Å². The minimum absolute atomic E-state index is 0.0554. The largest absolute Gasteiger partial charge is 0.380 e. The first-order valence-corrected chi connectivity index (χ1v) is 7.84. The molecule has 0 bridgehead atoms. The summed E-state index contributed by atoms with van der Waals surface area (Å²) in [5, 5.41) is 7.38. The lowest BCUT2D eigenvalue weighted by atomic mass is 10.1. The number of nitrogens with zero attached hydrogens (tertiary/aromatic N) is 2. The van der Waals surface area contributed by atoms with Crippen molar-refractivity contribution >= 4 is 5.91 Å². The molecule has 0 unspecified atom stereocenters. The van der Waals surface area contributed by atoms with Crippen LogP contribution in [0.2, 0.25) is 0 Å². The topological polar surface area (TPSA) is 56.1 Å². The number of aromatic nitrogens is 2. The molecule has 5 heteroatoms. The lowest BCUT2D eigenvalue weighted by molar-refractivity contribution is -0.121. The smallest absolute Gasteiger partial charge is 0.220 e. The number of amides is 1. The molecule has 5 nitrogen and oxygen atoms in total. The van der Waals surface area contributed by atoms with Gasteiger partial charge in [-0.25, -0.2) is 0 Å². The van der Waals surface area contributed by atoms with Gasteiger partial charge >= 0.3 is 0 Å². The van der Waals surface area contributed by atoms with Crippen LogP contribution in [0.15, 0.2) is 24.3 Å². The maximum Gasteiger partial charge on any atom is 0.220 e. The third-order valence-electron chi connectivity index (χ3n) is 4.16. The monoisotopic (exact) mass is 315 g/mol. The second-order valence-corrected chi connectivity index (χ2v) is 5.75. The highest BCUT2D eigenvalue weighted by Gasteiger charge is 2.11. The second kappa shape index (κ2) is 7.92. The van der Waals surface area contributed by atoms with Gasteiger partial charge in [-0.05, 0) is 37.0 Å². The summed E-state index contributed by atoms with van der Waals surface area (Å²) < 4.78 is 7.05. The Kier molecular flexibility index (Phi) is 5.93. The van der Waals surface area contributed by atoms with Crippen LogP contribution >= 0.6 is 0 Å². The molecule has 1 N–H and O–H groups in total. The van der Waals surface area contributed by atoms with Crippen LogP contribution in [0.5, 0.6) is 0 Å². The van der Waals surface area contributed by atoms with E-state index in [0.717, 1.165) is 28.9 Å². The molecule has 1 heterocycles. The summed E-state index contributed by atoms with van der Waals surface area (Å²) in [6, 6.07) is 7.99. The molecular weight excluding hydrogens is 290 g/mol. The third kappa shape index (κ3) is 4.42. The van der Waals surface area contributed by atoms with Crippen molar-refractivity contribution in [2.24, 2.45) is 7.05 Å². The zero-order valence-corrected chi connectivity index (χ0v) is 14.3. The number of aryl methyl sites for hydroxylation is 2. The highest BCUT2D eigenvalue weighted by Crippen LogP contribution is 2.14. The van der Waals surface area contributed by atoms with Crippen LogP contribution in [-0.2, 0) is 36.2 Å². The molecule has 0 saturated carbocycles. The molecule has 0 aliphatic carbocycles. The standard InChI is InChI=1S/C18H25N3O2/c1-13-17(14(2)21(3)20-13)9-10-18(22)19-11-15-7-5-6-8-16(15)12-23-4/h5-8H,9-12H2,1-4H3,(H,19,22). The van der Waals surface area contributed by atoms with Crippen LogP contribution in [0.4, 0.5) is 0 Å². The summed E-state index contributed by atoms with van der Waals surface area (Å²) in [5.41, 5.74) is 5.50. The van der Waals surface area contributed by atoms with E-state index in [4.69, 9.17) is 4.74 Å². The van der Waals surface area contributed by atoms with E-state index < -0.39 is 0 Å². The lowest BCUT2D eigenvalue weighted by Crippen LogP contribution is -2.23. The lowest BCUT2D eigenvalue weighted by Gasteiger charge is -2.10. The first-order chi connectivity index (χ1) is 11.0. The number of ether oxygens (including phenoxy) is 1. The summed E-state index contributed by atoms with van der Waals surface area (Å²) in [5.74, 6) is 0.0554. The van der Waals surface area contributed by atoms with E-state index in [1.54, 1.807) is 7.11 Å². The van der Waals surface area contributed by atoms with Crippen molar-refractivity contribution in [1.82, 2.24) is 15.1 Å². The second-order valence-electron chi connectivity index (χ2n) is 5.75. The van der Waals surface area contributed by atoms with Gasteiger partial charge in [0.25, 0.3) is 0 Å². The minimum Gasteiger partial charge on any atom is -0.380 e. The number of methoxy groups -OCH3 is 1. The van der Waals surface area contributed by atoms with Gasteiger partial charge in [0, 0.05) is 32.8 Å². The summed E-state index contributed by atoms with van der Waals surface area (Å²) in [6.45, 7) is 5.11. The molecule has 0 fully saturated rings.